The lowest BCUT2D eigenvalue weighted by atomic mass is 9.92. The monoisotopic (exact) mass is 286 g/mol. The maximum absolute atomic E-state index is 12.0. The molecule has 0 heterocycles. The molecular weight excluding hydrogens is 256 g/mol. The van der Waals surface area contributed by atoms with Gasteiger partial charge in [-0.2, -0.15) is 11.8 Å². The van der Waals surface area contributed by atoms with Crippen LogP contribution in [-0.2, 0) is 4.79 Å². The number of nitrogens with two attached hydrogens (primary N) is 1. The largest absolute Gasteiger partial charge is 0.353 e. The SMILES string of the molecule is CSC1CCC(NC(=O)C[C@@H](CN)CC(C)C)CC1. The molecule has 1 saturated carbocycles. The van der Waals surface area contributed by atoms with E-state index in [9.17, 15) is 4.79 Å². The van der Waals surface area contributed by atoms with Gasteiger partial charge in [-0.25, -0.2) is 0 Å². The zero-order valence-electron chi connectivity index (χ0n) is 12.7. The average Bonchev–Trinajstić information content (AvgIpc) is 2.38. The molecule has 0 aliphatic heterocycles. The van der Waals surface area contributed by atoms with Crippen LogP contribution in [0.25, 0.3) is 0 Å². The third-order valence-electron chi connectivity index (χ3n) is 3.98. The van der Waals surface area contributed by atoms with Crippen LogP contribution in [0.15, 0.2) is 0 Å². The van der Waals surface area contributed by atoms with Gasteiger partial charge >= 0.3 is 0 Å². The molecule has 0 aromatic heterocycles. The Labute approximate surface area is 122 Å². The molecule has 1 atom stereocenters. The summed E-state index contributed by atoms with van der Waals surface area (Å²) in [4.78, 5) is 12.0. The van der Waals surface area contributed by atoms with Crippen molar-refractivity contribution in [3.8, 4) is 0 Å². The van der Waals surface area contributed by atoms with E-state index in [4.69, 9.17) is 5.73 Å². The molecule has 0 aromatic rings. The Kier molecular flexibility index (Phi) is 7.84. The summed E-state index contributed by atoms with van der Waals surface area (Å²) >= 11 is 1.96. The third kappa shape index (κ3) is 6.66. The summed E-state index contributed by atoms with van der Waals surface area (Å²) in [5.41, 5.74) is 5.76. The van der Waals surface area contributed by atoms with E-state index >= 15 is 0 Å². The van der Waals surface area contributed by atoms with Gasteiger partial charge < -0.3 is 11.1 Å². The highest BCUT2D eigenvalue weighted by Gasteiger charge is 2.22. The summed E-state index contributed by atoms with van der Waals surface area (Å²) in [7, 11) is 0. The van der Waals surface area contributed by atoms with Crippen LogP contribution in [0, 0.1) is 11.8 Å². The van der Waals surface area contributed by atoms with Gasteiger partial charge in [-0.1, -0.05) is 13.8 Å². The highest BCUT2D eigenvalue weighted by molar-refractivity contribution is 7.99. The van der Waals surface area contributed by atoms with Crippen molar-refractivity contribution in [2.45, 2.75) is 63.7 Å². The fourth-order valence-corrected chi connectivity index (χ4v) is 3.66. The molecule has 3 N–H and O–H groups in total. The third-order valence-corrected chi connectivity index (χ3v) is 5.12. The van der Waals surface area contributed by atoms with E-state index in [1.807, 2.05) is 11.8 Å². The molecule has 3 nitrogen and oxygen atoms in total. The molecule has 1 aliphatic rings. The summed E-state index contributed by atoms with van der Waals surface area (Å²) in [5.74, 6) is 1.14. The molecule has 0 unspecified atom stereocenters. The second kappa shape index (κ2) is 8.85. The lowest BCUT2D eigenvalue weighted by Crippen LogP contribution is -2.39. The number of thioether (sulfide) groups is 1. The van der Waals surface area contributed by atoms with Gasteiger partial charge in [0.15, 0.2) is 0 Å². The first kappa shape index (κ1) is 16.8. The van der Waals surface area contributed by atoms with Gasteiger partial charge in [0.1, 0.15) is 0 Å². The number of nitrogens with one attached hydrogen (secondary N) is 1. The summed E-state index contributed by atoms with van der Waals surface area (Å²) in [5, 5.41) is 3.99. The van der Waals surface area contributed by atoms with Crippen LogP contribution >= 0.6 is 11.8 Å². The molecule has 4 heteroatoms. The van der Waals surface area contributed by atoms with E-state index in [1.165, 1.54) is 12.8 Å². The van der Waals surface area contributed by atoms with Crippen molar-refractivity contribution in [1.29, 1.82) is 0 Å². The Hall–Kier alpha value is -0.220. The molecule has 1 aliphatic carbocycles. The molecule has 0 aromatic carbocycles. The van der Waals surface area contributed by atoms with Crippen LogP contribution in [0.2, 0.25) is 0 Å². The molecule has 1 amide bonds. The van der Waals surface area contributed by atoms with Gasteiger partial charge in [0.25, 0.3) is 0 Å². The Morgan fingerprint density at radius 1 is 1.32 bits per heavy atom. The molecule has 0 bridgehead atoms. The zero-order valence-corrected chi connectivity index (χ0v) is 13.5. The van der Waals surface area contributed by atoms with E-state index in [-0.39, 0.29) is 5.91 Å². The van der Waals surface area contributed by atoms with Crippen molar-refractivity contribution < 1.29 is 4.79 Å². The van der Waals surface area contributed by atoms with Gasteiger partial charge in [0, 0.05) is 17.7 Å². The smallest absolute Gasteiger partial charge is 0.220 e. The van der Waals surface area contributed by atoms with Gasteiger partial charge in [-0.15, -0.1) is 0 Å². The zero-order chi connectivity index (χ0) is 14.3. The minimum Gasteiger partial charge on any atom is -0.353 e. The molecule has 112 valence electrons. The van der Waals surface area contributed by atoms with Crippen LogP contribution in [0.3, 0.4) is 0 Å². The Morgan fingerprint density at radius 3 is 2.42 bits per heavy atom. The minimum absolute atomic E-state index is 0.198. The van der Waals surface area contributed by atoms with Gasteiger partial charge in [0.05, 0.1) is 0 Å². The fraction of sp³-hybridized carbons (Fsp3) is 0.933. The molecule has 19 heavy (non-hydrogen) atoms. The summed E-state index contributed by atoms with van der Waals surface area (Å²) < 4.78 is 0. The topological polar surface area (TPSA) is 55.1 Å². The quantitative estimate of drug-likeness (QED) is 0.756. The predicted octanol–water partition coefficient (Wildman–Crippen LogP) is 2.79. The van der Waals surface area contributed by atoms with Gasteiger partial charge in [0.2, 0.25) is 5.91 Å². The molecule has 0 radical (unpaired) electrons. The van der Waals surface area contributed by atoms with E-state index < -0.39 is 0 Å². The predicted molar refractivity (Wildman–Crippen MR) is 84.3 cm³/mol. The average molecular weight is 286 g/mol. The van der Waals surface area contributed by atoms with Crippen LogP contribution in [0.5, 0.6) is 0 Å². The maximum atomic E-state index is 12.0. The first-order valence-electron chi connectivity index (χ1n) is 7.57. The maximum Gasteiger partial charge on any atom is 0.220 e. The Morgan fingerprint density at radius 2 is 1.95 bits per heavy atom. The summed E-state index contributed by atoms with van der Waals surface area (Å²) in [6.45, 7) is 4.99. The molecule has 0 saturated heterocycles. The van der Waals surface area contributed by atoms with E-state index in [2.05, 4.69) is 25.4 Å². The standard InChI is InChI=1S/C15H30N2OS/c1-11(2)8-12(10-16)9-15(18)17-13-4-6-14(19-3)7-5-13/h11-14H,4-10,16H2,1-3H3,(H,17,18)/t12-,13?,14?/m0/s1. The van der Waals surface area contributed by atoms with Crippen molar-refractivity contribution in [3.05, 3.63) is 0 Å². The second-order valence-corrected chi connectivity index (χ2v) is 7.35. The molecule has 1 rings (SSSR count). The van der Waals surface area contributed by atoms with E-state index in [0.29, 0.717) is 30.8 Å². The van der Waals surface area contributed by atoms with Crippen molar-refractivity contribution in [2.75, 3.05) is 12.8 Å². The van der Waals surface area contributed by atoms with Crippen LogP contribution < -0.4 is 11.1 Å². The van der Waals surface area contributed by atoms with E-state index in [1.54, 1.807) is 0 Å². The molecule has 1 fully saturated rings. The first-order valence-corrected chi connectivity index (χ1v) is 8.86. The molecular formula is C15H30N2OS. The molecule has 0 spiro atoms. The van der Waals surface area contributed by atoms with Crippen molar-refractivity contribution in [3.63, 3.8) is 0 Å². The lowest BCUT2D eigenvalue weighted by molar-refractivity contribution is -0.123. The first-order chi connectivity index (χ1) is 9.05. The number of hydrogen-bond donors (Lipinski definition) is 2. The van der Waals surface area contributed by atoms with Crippen molar-refractivity contribution >= 4 is 17.7 Å². The normalized spacial score (nSPS) is 25.3. The van der Waals surface area contributed by atoms with Crippen LogP contribution in [-0.4, -0.2) is 30.0 Å². The lowest BCUT2D eigenvalue weighted by Gasteiger charge is -2.28. The van der Waals surface area contributed by atoms with Crippen molar-refractivity contribution in [2.24, 2.45) is 17.6 Å². The number of carbonyl (C=O) groups excluding carboxylic acids is 1. The van der Waals surface area contributed by atoms with Gasteiger partial charge in [-0.05, 0) is 56.7 Å². The second-order valence-electron chi connectivity index (χ2n) is 6.21. The number of hydrogen-bond acceptors (Lipinski definition) is 3. The fourth-order valence-electron chi connectivity index (χ4n) is 2.92. The highest BCUT2D eigenvalue weighted by atomic mass is 32.2. The highest BCUT2D eigenvalue weighted by Crippen LogP contribution is 2.27. The number of carbonyl (C=O) groups is 1. The van der Waals surface area contributed by atoms with Crippen molar-refractivity contribution in [1.82, 2.24) is 5.32 Å². The van der Waals surface area contributed by atoms with E-state index in [0.717, 1.165) is 24.5 Å². The number of amides is 1. The minimum atomic E-state index is 0.198. The summed E-state index contributed by atoms with van der Waals surface area (Å²) in [6.07, 6.45) is 8.56. The van der Waals surface area contributed by atoms with Crippen LogP contribution in [0.4, 0.5) is 0 Å². The van der Waals surface area contributed by atoms with Crippen LogP contribution in [0.1, 0.15) is 52.4 Å². The Bertz CT molecular complexity index is 263. The number of rotatable bonds is 7. The van der Waals surface area contributed by atoms with Gasteiger partial charge in [-0.3, -0.25) is 4.79 Å². The Balaban J connectivity index is 2.27. The summed E-state index contributed by atoms with van der Waals surface area (Å²) in [6, 6.07) is 0.397.